The Kier molecular flexibility index (Phi) is 4.88. The number of carbonyl (C=O) groups is 1. The molecule has 0 bridgehead atoms. The zero-order valence-electron chi connectivity index (χ0n) is 12.9. The second-order valence-corrected chi connectivity index (χ2v) is 7.61. The van der Waals surface area contributed by atoms with Crippen molar-refractivity contribution >= 4 is 28.6 Å². The zero-order chi connectivity index (χ0) is 16.2. The molecule has 0 radical (unpaired) electrons. The van der Waals surface area contributed by atoms with Crippen LogP contribution in [-0.2, 0) is 17.8 Å². The van der Waals surface area contributed by atoms with E-state index in [1.165, 1.54) is 0 Å². The highest BCUT2D eigenvalue weighted by molar-refractivity contribution is 7.15. The van der Waals surface area contributed by atoms with Crippen molar-refractivity contribution in [3.63, 3.8) is 0 Å². The number of nitrogens with one attached hydrogen (secondary N) is 1. The van der Waals surface area contributed by atoms with Gasteiger partial charge in [-0.25, -0.2) is 0 Å². The number of carbonyl (C=O) groups excluding carboxylic acids is 1. The van der Waals surface area contributed by atoms with E-state index in [9.17, 15) is 4.79 Å². The van der Waals surface area contributed by atoms with Gasteiger partial charge in [0.05, 0.1) is 17.8 Å². The van der Waals surface area contributed by atoms with Gasteiger partial charge >= 0.3 is 0 Å². The lowest BCUT2D eigenvalue weighted by Crippen LogP contribution is -2.23. The number of hydrogen-bond donors (Lipinski definition) is 1. The largest absolute Gasteiger partial charge is 0.351 e. The average Bonchev–Trinajstić information content (AvgIpc) is 3.25. The first-order valence-electron chi connectivity index (χ1n) is 7.33. The van der Waals surface area contributed by atoms with Gasteiger partial charge in [0.15, 0.2) is 5.82 Å². The van der Waals surface area contributed by atoms with Crippen molar-refractivity contribution in [2.45, 2.75) is 32.7 Å². The molecule has 0 unspecified atom stereocenters. The van der Waals surface area contributed by atoms with Gasteiger partial charge in [0, 0.05) is 15.7 Å². The van der Waals surface area contributed by atoms with Crippen LogP contribution in [0, 0.1) is 0 Å². The van der Waals surface area contributed by atoms with Crippen LogP contribution in [0.25, 0.3) is 10.8 Å². The summed E-state index contributed by atoms with van der Waals surface area (Å²) in [4.78, 5) is 19.3. The number of thiophene rings is 2. The third-order valence-corrected chi connectivity index (χ3v) is 5.15. The Bertz CT molecular complexity index is 775. The second kappa shape index (κ2) is 7.06. The van der Waals surface area contributed by atoms with E-state index in [0.29, 0.717) is 24.7 Å². The van der Waals surface area contributed by atoms with Gasteiger partial charge in [0.2, 0.25) is 5.91 Å². The highest BCUT2D eigenvalue weighted by Crippen LogP contribution is 2.27. The van der Waals surface area contributed by atoms with E-state index in [-0.39, 0.29) is 11.8 Å². The van der Waals surface area contributed by atoms with Gasteiger partial charge in [-0.3, -0.25) is 4.79 Å². The van der Waals surface area contributed by atoms with E-state index >= 15 is 0 Å². The monoisotopic (exact) mass is 347 g/mol. The molecule has 23 heavy (non-hydrogen) atoms. The number of hydrogen-bond acceptors (Lipinski definition) is 6. The van der Waals surface area contributed by atoms with Crippen LogP contribution < -0.4 is 5.32 Å². The third kappa shape index (κ3) is 4.05. The minimum Gasteiger partial charge on any atom is -0.351 e. The van der Waals surface area contributed by atoms with Crippen molar-refractivity contribution in [2.75, 3.05) is 0 Å². The molecule has 3 rings (SSSR count). The SMILES string of the molecule is CC(C)c1noc(-c2ccc(CNC(=O)Cc3cccs3)s2)n1. The van der Waals surface area contributed by atoms with Gasteiger partial charge in [-0.1, -0.05) is 25.1 Å². The van der Waals surface area contributed by atoms with E-state index in [0.717, 1.165) is 14.6 Å². The Labute approximate surface area is 142 Å². The molecular formula is C16H17N3O2S2. The lowest BCUT2D eigenvalue weighted by molar-refractivity contribution is -0.120. The molecule has 0 fully saturated rings. The standard InChI is InChI=1S/C16H17N3O2S2/c1-10(2)15-18-16(21-19-15)13-6-5-12(23-13)9-17-14(20)8-11-4-3-7-22-11/h3-7,10H,8-9H2,1-2H3,(H,17,20). The maximum Gasteiger partial charge on any atom is 0.268 e. The van der Waals surface area contributed by atoms with Crippen molar-refractivity contribution in [3.05, 3.63) is 45.2 Å². The molecule has 0 saturated carbocycles. The Morgan fingerprint density at radius 1 is 1.30 bits per heavy atom. The molecule has 0 saturated heterocycles. The van der Waals surface area contributed by atoms with Crippen molar-refractivity contribution in [2.24, 2.45) is 0 Å². The first kappa shape index (κ1) is 15.9. The molecule has 0 aliphatic carbocycles. The van der Waals surface area contributed by atoms with Gasteiger partial charge in [0.25, 0.3) is 5.89 Å². The maximum absolute atomic E-state index is 11.9. The molecule has 3 aromatic rings. The first-order valence-corrected chi connectivity index (χ1v) is 9.03. The van der Waals surface area contributed by atoms with Gasteiger partial charge in [0.1, 0.15) is 0 Å². The van der Waals surface area contributed by atoms with Gasteiger partial charge in [-0.15, -0.1) is 22.7 Å². The van der Waals surface area contributed by atoms with E-state index in [1.807, 2.05) is 43.5 Å². The summed E-state index contributed by atoms with van der Waals surface area (Å²) in [7, 11) is 0. The highest BCUT2D eigenvalue weighted by atomic mass is 32.1. The molecule has 0 aliphatic rings. The molecule has 1 amide bonds. The predicted octanol–water partition coefficient (Wildman–Crippen LogP) is 3.84. The van der Waals surface area contributed by atoms with Gasteiger partial charge in [-0.05, 0) is 23.6 Å². The molecule has 0 aromatic carbocycles. The van der Waals surface area contributed by atoms with E-state index in [2.05, 4.69) is 15.5 Å². The summed E-state index contributed by atoms with van der Waals surface area (Å²) in [6.45, 7) is 4.56. The normalized spacial score (nSPS) is 11.1. The Morgan fingerprint density at radius 3 is 2.87 bits per heavy atom. The average molecular weight is 347 g/mol. The number of amides is 1. The van der Waals surface area contributed by atoms with E-state index < -0.39 is 0 Å². The fourth-order valence-corrected chi connectivity index (χ4v) is 3.55. The van der Waals surface area contributed by atoms with Crippen LogP contribution in [0.5, 0.6) is 0 Å². The van der Waals surface area contributed by atoms with Crippen LogP contribution in [0.1, 0.15) is 35.3 Å². The fraction of sp³-hybridized carbons (Fsp3) is 0.312. The predicted molar refractivity (Wildman–Crippen MR) is 91.6 cm³/mol. The third-order valence-electron chi connectivity index (χ3n) is 3.21. The maximum atomic E-state index is 11.9. The quantitative estimate of drug-likeness (QED) is 0.735. The fourth-order valence-electron chi connectivity index (χ4n) is 1.98. The molecule has 120 valence electrons. The lowest BCUT2D eigenvalue weighted by Gasteiger charge is -2.01. The number of aromatic nitrogens is 2. The molecule has 0 spiro atoms. The lowest BCUT2D eigenvalue weighted by atomic mass is 10.2. The zero-order valence-corrected chi connectivity index (χ0v) is 14.5. The Balaban J connectivity index is 1.57. The van der Waals surface area contributed by atoms with Crippen molar-refractivity contribution < 1.29 is 9.32 Å². The molecule has 3 heterocycles. The molecule has 0 aliphatic heterocycles. The van der Waals surface area contributed by atoms with Crippen LogP contribution in [0.15, 0.2) is 34.2 Å². The summed E-state index contributed by atoms with van der Waals surface area (Å²) in [5.74, 6) is 1.51. The summed E-state index contributed by atoms with van der Waals surface area (Å²) < 4.78 is 5.28. The summed E-state index contributed by atoms with van der Waals surface area (Å²) in [5, 5.41) is 8.88. The van der Waals surface area contributed by atoms with Crippen LogP contribution in [0.2, 0.25) is 0 Å². The minimum absolute atomic E-state index is 0.0299. The van der Waals surface area contributed by atoms with Crippen molar-refractivity contribution in [3.8, 4) is 10.8 Å². The number of nitrogens with zero attached hydrogens (tertiary/aromatic N) is 2. The molecule has 5 nitrogen and oxygen atoms in total. The van der Waals surface area contributed by atoms with Gasteiger partial charge in [-0.2, -0.15) is 4.98 Å². The molecule has 0 atom stereocenters. The van der Waals surface area contributed by atoms with Crippen LogP contribution in [0.3, 0.4) is 0 Å². The van der Waals surface area contributed by atoms with Crippen LogP contribution >= 0.6 is 22.7 Å². The summed E-state index contributed by atoms with van der Waals surface area (Å²) in [6.07, 6.45) is 0.428. The molecule has 3 aromatic heterocycles. The van der Waals surface area contributed by atoms with Crippen molar-refractivity contribution in [1.29, 1.82) is 0 Å². The van der Waals surface area contributed by atoms with Crippen LogP contribution in [-0.4, -0.2) is 16.0 Å². The Hall–Kier alpha value is -1.99. The summed E-state index contributed by atoms with van der Waals surface area (Å²) in [6, 6.07) is 7.84. The van der Waals surface area contributed by atoms with E-state index in [4.69, 9.17) is 4.52 Å². The summed E-state index contributed by atoms with van der Waals surface area (Å²) in [5.41, 5.74) is 0. The summed E-state index contributed by atoms with van der Waals surface area (Å²) >= 11 is 3.15. The topological polar surface area (TPSA) is 68.0 Å². The van der Waals surface area contributed by atoms with Gasteiger partial charge < -0.3 is 9.84 Å². The van der Waals surface area contributed by atoms with Crippen LogP contribution in [0.4, 0.5) is 0 Å². The van der Waals surface area contributed by atoms with Crippen molar-refractivity contribution in [1.82, 2.24) is 15.5 Å². The second-order valence-electron chi connectivity index (χ2n) is 5.41. The molecule has 7 heteroatoms. The minimum atomic E-state index is 0.0299. The smallest absolute Gasteiger partial charge is 0.268 e. The molecule has 1 N–H and O–H groups in total. The first-order chi connectivity index (χ1) is 11.1. The highest BCUT2D eigenvalue weighted by Gasteiger charge is 2.13. The molecular weight excluding hydrogens is 330 g/mol. The van der Waals surface area contributed by atoms with E-state index in [1.54, 1.807) is 22.7 Å². The number of rotatable bonds is 6. The Morgan fingerprint density at radius 2 is 2.17 bits per heavy atom.